The summed E-state index contributed by atoms with van der Waals surface area (Å²) in [4.78, 5) is 12.8. The second kappa shape index (κ2) is 8.59. The number of nitrogens with one attached hydrogen (secondary N) is 2. The zero-order valence-corrected chi connectivity index (χ0v) is 17.0. The van der Waals surface area contributed by atoms with Crippen LogP contribution in [0.25, 0.3) is 10.6 Å². The molecular weight excluding hydrogens is 396 g/mol. The standard InChI is InChI=1S/C19H20N4O3S2/c1-13(2)16(23-28(25,26)15-11-7-4-8-12-15)17(24)20-19-22-21-18(27-19)14-9-5-3-6-10-14/h3-13,16,23H,1-2H3,(H,20,22,24). The first-order chi connectivity index (χ1) is 13.4. The Labute approximate surface area is 167 Å². The molecule has 2 N–H and O–H groups in total. The van der Waals surface area contributed by atoms with Crippen molar-refractivity contribution in [2.24, 2.45) is 5.92 Å². The predicted octanol–water partition coefficient (Wildman–Crippen LogP) is 3.15. The van der Waals surface area contributed by atoms with Gasteiger partial charge >= 0.3 is 0 Å². The van der Waals surface area contributed by atoms with Gasteiger partial charge in [0.25, 0.3) is 0 Å². The third-order valence-corrected chi connectivity index (χ3v) is 6.31. The van der Waals surface area contributed by atoms with Gasteiger partial charge in [-0.2, -0.15) is 4.72 Å². The molecule has 1 heterocycles. The van der Waals surface area contributed by atoms with E-state index in [4.69, 9.17) is 0 Å². The maximum absolute atomic E-state index is 12.7. The molecule has 0 radical (unpaired) electrons. The summed E-state index contributed by atoms with van der Waals surface area (Å²) in [5.74, 6) is -0.745. The summed E-state index contributed by atoms with van der Waals surface area (Å²) in [6, 6.07) is 16.5. The lowest BCUT2D eigenvalue weighted by atomic mass is 10.1. The number of hydrogen-bond acceptors (Lipinski definition) is 6. The summed E-state index contributed by atoms with van der Waals surface area (Å²) in [6.45, 7) is 3.54. The Morgan fingerprint density at radius 2 is 1.57 bits per heavy atom. The highest BCUT2D eigenvalue weighted by Gasteiger charge is 2.29. The van der Waals surface area contributed by atoms with Crippen LogP contribution in [0, 0.1) is 5.92 Å². The molecule has 0 bridgehead atoms. The van der Waals surface area contributed by atoms with Crippen LogP contribution in [0.4, 0.5) is 5.13 Å². The fraction of sp³-hybridized carbons (Fsp3) is 0.211. The minimum Gasteiger partial charge on any atom is -0.299 e. The van der Waals surface area contributed by atoms with E-state index in [2.05, 4.69) is 20.2 Å². The molecule has 0 aliphatic carbocycles. The SMILES string of the molecule is CC(C)C(NS(=O)(=O)c1ccccc1)C(=O)Nc1nnc(-c2ccccc2)s1. The molecule has 3 rings (SSSR count). The molecule has 7 nitrogen and oxygen atoms in total. The minimum atomic E-state index is -3.82. The van der Waals surface area contributed by atoms with Gasteiger partial charge in [0.05, 0.1) is 4.90 Å². The highest BCUT2D eigenvalue weighted by molar-refractivity contribution is 7.89. The zero-order valence-electron chi connectivity index (χ0n) is 15.4. The number of aromatic nitrogens is 2. The van der Waals surface area contributed by atoms with Gasteiger partial charge in [0, 0.05) is 5.56 Å². The van der Waals surface area contributed by atoms with Gasteiger partial charge < -0.3 is 0 Å². The Bertz CT molecular complexity index is 1040. The number of hydrogen-bond donors (Lipinski definition) is 2. The number of carbonyl (C=O) groups excluding carboxylic acids is 1. The van der Waals surface area contributed by atoms with Gasteiger partial charge in [-0.25, -0.2) is 8.42 Å². The van der Waals surface area contributed by atoms with Crippen LogP contribution >= 0.6 is 11.3 Å². The third-order valence-electron chi connectivity index (χ3n) is 3.96. The fourth-order valence-electron chi connectivity index (χ4n) is 2.48. The Morgan fingerprint density at radius 1 is 0.964 bits per heavy atom. The van der Waals surface area contributed by atoms with Crippen molar-refractivity contribution in [1.29, 1.82) is 0 Å². The fourth-order valence-corrected chi connectivity index (χ4v) is 4.60. The molecule has 9 heteroatoms. The van der Waals surface area contributed by atoms with E-state index in [-0.39, 0.29) is 10.8 Å². The lowest BCUT2D eigenvalue weighted by molar-refractivity contribution is -0.118. The highest BCUT2D eigenvalue weighted by Crippen LogP contribution is 2.26. The molecule has 0 spiro atoms. The summed E-state index contributed by atoms with van der Waals surface area (Å²) in [5, 5.41) is 11.7. The number of sulfonamides is 1. The van der Waals surface area contributed by atoms with E-state index in [9.17, 15) is 13.2 Å². The second-order valence-corrected chi connectivity index (χ2v) is 9.12. The van der Waals surface area contributed by atoms with Gasteiger partial charge in [-0.15, -0.1) is 10.2 Å². The maximum atomic E-state index is 12.7. The van der Waals surface area contributed by atoms with Crippen molar-refractivity contribution in [3.05, 3.63) is 60.7 Å². The smallest absolute Gasteiger partial charge is 0.244 e. The van der Waals surface area contributed by atoms with Gasteiger partial charge in [-0.05, 0) is 18.1 Å². The van der Waals surface area contributed by atoms with E-state index in [0.29, 0.717) is 10.1 Å². The molecule has 1 unspecified atom stereocenters. The monoisotopic (exact) mass is 416 g/mol. The van der Waals surface area contributed by atoms with Gasteiger partial charge in [0.15, 0.2) is 0 Å². The first-order valence-electron chi connectivity index (χ1n) is 8.64. The first kappa shape index (κ1) is 20.1. The largest absolute Gasteiger partial charge is 0.299 e. The summed E-state index contributed by atoms with van der Waals surface area (Å²) in [6.07, 6.45) is 0. The van der Waals surface area contributed by atoms with E-state index < -0.39 is 22.0 Å². The van der Waals surface area contributed by atoms with Crippen LogP contribution in [0.5, 0.6) is 0 Å². The van der Waals surface area contributed by atoms with Crippen LogP contribution in [0.15, 0.2) is 65.6 Å². The van der Waals surface area contributed by atoms with Crippen LogP contribution < -0.4 is 10.0 Å². The van der Waals surface area contributed by atoms with Crippen LogP contribution in [-0.4, -0.2) is 30.6 Å². The minimum absolute atomic E-state index is 0.107. The van der Waals surface area contributed by atoms with Crippen LogP contribution in [0.2, 0.25) is 0 Å². The van der Waals surface area contributed by atoms with Crippen molar-refractivity contribution in [3.63, 3.8) is 0 Å². The second-order valence-electron chi connectivity index (χ2n) is 6.42. The van der Waals surface area contributed by atoms with Gasteiger partial charge in [0.2, 0.25) is 21.1 Å². The maximum Gasteiger partial charge on any atom is 0.244 e. The number of benzene rings is 2. The normalized spacial score (nSPS) is 12.7. The van der Waals surface area contributed by atoms with Crippen LogP contribution in [0.3, 0.4) is 0 Å². The van der Waals surface area contributed by atoms with E-state index in [1.165, 1.54) is 23.5 Å². The average Bonchev–Trinajstić information content (AvgIpc) is 3.16. The summed E-state index contributed by atoms with van der Waals surface area (Å²) < 4.78 is 27.6. The first-order valence-corrected chi connectivity index (χ1v) is 10.9. The number of anilines is 1. The van der Waals surface area contributed by atoms with E-state index in [0.717, 1.165) is 5.56 Å². The molecule has 0 fully saturated rings. The molecule has 0 aliphatic heterocycles. The zero-order chi connectivity index (χ0) is 20.1. The molecule has 1 atom stereocenters. The molecule has 28 heavy (non-hydrogen) atoms. The van der Waals surface area contributed by atoms with E-state index in [1.807, 2.05) is 30.3 Å². The van der Waals surface area contributed by atoms with Crippen molar-refractivity contribution in [1.82, 2.24) is 14.9 Å². The molecule has 2 aromatic carbocycles. The van der Waals surface area contributed by atoms with Crippen LogP contribution in [-0.2, 0) is 14.8 Å². The number of rotatable bonds is 7. The molecule has 0 saturated carbocycles. The summed E-state index contributed by atoms with van der Waals surface area (Å²) in [7, 11) is -3.82. The summed E-state index contributed by atoms with van der Waals surface area (Å²) in [5.41, 5.74) is 0.894. The Balaban J connectivity index is 1.75. The summed E-state index contributed by atoms with van der Waals surface area (Å²) >= 11 is 1.23. The van der Waals surface area contributed by atoms with Gasteiger partial charge in [-0.1, -0.05) is 73.7 Å². The molecule has 1 aromatic heterocycles. The Kier molecular flexibility index (Phi) is 6.18. The molecular formula is C19H20N4O3S2. The Hall–Kier alpha value is -2.62. The Morgan fingerprint density at radius 3 is 2.18 bits per heavy atom. The van der Waals surface area contributed by atoms with Crippen molar-refractivity contribution in [2.75, 3.05) is 5.32 Å². The van der Waals surface area contributed by atoms with Crippen LogP contribution in [0.1, 0.15) is 13.8 Å². The molecule has 3 aromatic rings. The van der Waals surface area contributed by atoms with E-state index in [1.54, 1.807) is 32.0 Å². The average molecular weight is 417 g/mol. The lowest BCUT2D eigenvalue weighted by Crippen LogP contribution is -2.47. The topological polar surface area (TPSA) is 101 Å². The molecule has 1 amide bonds. The van der Waals surface area contributed by atoms with Crippen molar-refractivity contribution >= 4 is 32.4 Å². The third kappa shape index (κ3) is 4.80. The van der Waals surface area contributed by atoms with Crippen molar-refractivity contribution < 1.29 is 13.2 Å². The molecule has 0 saturated heterocycles. The predicted molar refractivity (Wildman–Crippen MR) is 109 cm³/mol. The molecule has 146 valence electrons. The highest BCUT2D eigenvalue weighted by atomic mass is 32.2. The number of amides is 1. The number of carbonyl (C=O) groups is 1. The van der Waals surface area contributed by atoms with Gasteiger partial charge in [-0.3, -0.25) is 10.1 Å². The van der Waals surface area contributed by atoms with Crippen molar-refractivity contribution in [3.8, 4) is 10.6 Å². The number of nitrogens with zero attached hydrogens (tertiary/aromatic N) is 2. The quantitative estimate of drug-likeness (QED) is 0.616. The van der Waals surface area contributed by atoms with E-state index >= 15 is 0 Å². The van der Waals surface area contributed by atoms with Crippen molar-refractivity contribution in [2.45, 2.75) is 24.8 Å². The molecule has 0 aliphatic rings. The lowest BCUT2D eigenvalue weighted by Gasteiger charge is -2.20. The van der Waals surface area contributed by atoms with Gasteiger partial charge in [0.1, 0.15) is 11.0 Å².